The summed E-state index contributed by atoms with van der Waals surface area (Å²) in [4.78, 5) is 0. The first-order valence-electron chi connectivity index (χ1n) is 4.61. The highest BCUT2D eigenvalue weighted by atomic mass is 16.2. The van der Waals surface area contributed by atoms with Crippen LogP contribution in [0.2, 0.25) is 0 Å². The smallest absolute Gasteiger partial charge is 0.0323 e. The van der Waals surface area contributed by atoms with Crippen LogP contribution in [-0.2, 0) is 6.42 Å². The van der Waals surface area contributed by atoms with E-state index in [4.69, 9.17) is 5.11 Å². The van der Waals surface area contributed by atoms with Gasteiger partial charge in [-0.25, -0.2) is 0 Å². The second kappa shape index (κ2) is 5.00. The van der Waals surface area contributed by atoms with E-state index < -0.39 is 0 Å². The van der Waals surface area contributed by atoms with Gasteiger partial charge in [-0.05, 0) is 31.0 Å². The number of hydrogen-bond acceptors (Lipinski definition) is 2. The maximum Gasteiger partial charge on any atom is 0.0323 e. The summed E-state index contributed by atoms with van der Waals surface area (Å²) < 4.78 is 0. The highest BCUT2D eigenvalue weighted by molar-refractivity contribution is 5.34. The van der Waals surface area contributed by atoms with E-state index in [0.717, 1.165) is 7.11 Å². The summed E-state index contributed by atoms with van der Waals surface area (Å²) in [7, 11) is 3.03. The average Bonchev–Trinajstić information content (AvgIpc) is 2.64. The molecule has 2 N–H and O–H groups in total. The Bertz CT molecular complexity index is 260. The van der Waals surface area contributed by atoms with Crippen LogP contribution in [0.15, 0.2) is 24.3 Å². The lowest BCUT2D eigenvalue weighted by atomic mass is 10.1. The Morgan fingerprint density at radius 3 is 2.69 bits per heavy atom. The van der Waals surface area contributed by atoms with E-state index >= 15 is 0 Å². The fourth-order valence-corrected chi connectivity index (χ4v) is 1.86. The number of aliphatic hydroxyl groups is 1. The molecule has 1 aromatic rings. The predicted octanol–water partition coefficient (Wildman–Crippen LogP) is 1.50. The molecular formula is C11H17NO. The molecular weight excluding hydrogens is 162 g/mol. The number of hydrogen-bond donors (Lipinski definition) is 2. The van der Waals surface area contributed by atoms with Crippen molar-refractivity contribution >= 4 is 0 Å². The van der Waals surface area contributed by atoms with Crippen molar-refractivity contribution in [3.63, 3.8) is 0 Å². The molecule has 72 valence electrons. The number of aliphatic hydroxyl groups excluding tert-OH is 1. The van der Waals surface area contributed by atoms with Crippen LogP contribution in [0.25, 0.3) is 0 Å². The standard InChI is InChI=1S/C10H13N.CH4O/c1-11-10-7-6-8-4-2-3-5-9(8)10;1-2/h2-5,10-11H,6-7H2,1H3;2H,1H3. The van der Waals surface area contributed by atoms with Crippen LogP contribution >= 0.6 is 0 Å². The first-order valence-corrected chi connectivity index (χ1v) is 4.61. The molecule has 1 aliphatic carbocycles. The number of rotatable bonds is 1. The largest absolute Gasteiger partial charge is 0.400 e. The van der Waals surface area contributed by atoms with Gasteiger partial charge >= 0.3 is 0 Å². The summed E-state index contributed by atoms with van der Waals surface area (Å²) >= 11 is 0. The van der Waals surface area contributed by atoms with Gasteiger partial charge in [0, 0.05) is 13.2 Å². The summed E-state index contributed by atoms with van der Waals surface area (Å²) in [5.74, 6) is 0. The molecule has 1 unspecified atom stereocenters. The van der Waals surface area contributed by atoms with Gasteiger partial charge in [-0.2, -0.15) is 0 Å². The van der Waals surface area contributed by atoms with Crippen LogP contribution in [0.3, 0.4) is 0 Å². The van der Waals surface area contributed by atoms with Crippen LogP contribution < -0.4 is 5.32 Å². The molecule has 0 fully saturated rings. The van der Waals surface area contributed by atoms with Gasteiger partial charge in [-0.3, -0.25) is 0 Å². The number of aryl methyl sites for hydroxylation is 1. The average molecular weight is 179 g/mol. The van der Waals surface area contributed by atoms with Crippen molar-refractivity contribution in [2.24, 2.45) is 0 Å². The summed E-state index contributed by atoms with van der Waals surface area (Å²) in [5.41, 5.74) is 3.02. The van der Waals surface area contributed by atoms with E-state index in [2.05, 4.69) is 29.6 Å². The van der Waals surface area contributed by atoms with Crippen LogP contribution in [0.4, 0.5) is 0 Å². The number of fused-ring (bicyclic) bond motifs is 1. The van der Waals surface area contributed by atoms with Crippen LogP contribution in [0, 0.1) is 0 Å². The zero-order valence-electron chi connectivity index (χ0n) is 8.25. The second-order valence-electron chi connectivity index (χ2n) is 3.08. The molecule has 1 atom stereocenters. The molecule has 1 aromatic carbocycles. The maximum atomic E-state index is 7.00. The first kappa shape index (κ1) is 10.2. The van der Waals surface area contributed by atoms with Gasteiger partial charge in [0.1, 0.15) is 0 Å². The van der Waals surface area contributed by atoms with Crippen LogP contribution in [-0.4, -0.2) is 19.3 Å². The van der Waals surface area contributed by atoms with Crippen molar-refractivity contribution in [3.8, 4) is 0 Å². The van der Waals surface area contributed by atoms with Gasteiger partial charge in [-0.15, -0.1) is 0 Å². The van der Waals surface area contributed by atoms with E-state index in [1.54, 1.807) is 0 Å². The molecule has 1 aliphatic rings. The van der Waals surface area contributed by atoms with Crippen LogP contribution in [0.1, 0.15) is 23.6 Å². The van der Waals surface area contributed by atoms with Crippen molar-refractivity contribution in [2.45, 2.75) is 18.9 Å². The van der Waals surface area contributed by atoms with E-state index in [1.807, 2.05) is 7.05 Å². The minimum Gasteiger partial charge on any atom is -0.400 e. The van der Waals surface area contributed by atoms with E-state index in [9.17, 15) is 0 Å². The first-order chi connectivity index (χ1) is 6.42. The van der Waals surface area contributed by atoms with Crippen molar-refractivity contribution in [3.05, 3.63) is 35.4 Å². The molecule has 0 aliphatic heterocycles. The molecule has 2 nitrogen and oxygen atoms in total. The Balaban J connectivity index is 0.000000396. The van der Waals surface area contributed by atoms with Crippen molar-refractivity contribution in [1.82, 2.24) is 5.32 Å². The van der Waals surface area contributed by atoms with E-state index in [-0.39, 0.29) is 0 Å². The van der Waals surface area contributed by atoms with Gasteiger partial charge < -0.3 is 10.4 Å². The van der Waals surface area contributed by atoms with Gasteiger partial charge in [0.2, 0.25) is 0 Å². The zero-order valence-corrected chi connectivity index (χ0v) is 8.25. The van der Waals surface area contributed by atoms with Crippen molar-refractivity contribution < 1.29 is 5.11 Å². The summed E-state index contributed by atoms with van der Waals surface area (Å²) in [6.45, 7) is 0. The summed E-state index contributed by atoms with van der Waals surface area (Å²) in [5, 5.41) is 10.3. The lowest BCUT2D eigenvalue weighted by molar-refractivity contribution is 0.399. The zero-order chi connectivity index (χ0) is 9.68. The topological polar surface area (TPSA) is 32.3 Å². The molecule has 0 saturated carbocycles. The molecule has 0 amide bonds. The highest BCUT2D eigenvalue weighted by Gasteiger charge is 2.19. The lowest BCUT2D eigenvalue weighted by Crippen LogP contribution is -2.12. The summed E-state index contributed by atoms with van der Waals surface area (Å²) in [6, 6.07) is 9.30. The van der Waals surface area contributed by atoms with E-state index in [1.165, 1.54) is 24.0 Å². The lowest BCUT2D eigenvalue weighted by Gasteiger charge is -2.08. The molecule has 0 spiro atoms. The molecule has 2 heteroatoms. The third kappa shape index (κ3) is 2.08. The van der Waals surface area contributed by atoms with Gasteiger partial charge in [0.15, 0.2) is 0 Å². The van der Waals surface area contributed by atoms with Gasteiger partial charge in [-0.1, -0.05) is 24.3 Å². The molecule has 13 heavy (non-hydrogen) atoms. The predicted molar refractivity (Wildman–Crippen MR) is 54.7 cm³/mol. The Morgan fingerprint density at radius 2 is 2.00 bits per heavy atom. The highest BCUT2D eigenvalue weighted by Crippen LogP contribution is 2.29. The number of benzene rings is 1. The minimum absolute atomic E-state index is 0.603. The molecule has 0 aromatic heterocycles. The molecule has 0 heterocycles. The Hall–Kier alpha value is -0.860. The second-order valence-corrected chi connectivity index (χ2v) is 3.08. The SMILES string of the molecule is CNC1CCc2ccccc21.CO. The molecule has 0 bridgehead atoms. The normalized spacial score (nSPS) is 18.8. The van der Waals surface area contributed by atoms with E-state index in [0.29, 0.717) is 6.04 Å². The third-order valence-electron chi connectivity index (χ3n) is 2.48. The van der Waals surface area contributed by atoms with Gasteiger partial charge in [0.05, 0.1) is 0 Å². The molecule has 0 radical (unpaired) electrons. The van der Waals surface area contributed by atoms with Crippen LogP contribution in [0.5, 0.6) is 0 Å². The minimum atomic E-state index is 0.603. The van der Waals surface area contributed by atoms with Crippen molar-refractivity contribution in [2.75, 3.05) is 14.2 Å². The van der Waals surface area contributed by atoms with Gasteiger partial charge in [0.25, 0.3) is 0 Å². The monoisotopic (exact) mass is 179 g/mol. The maximum absolute atomic E-state index is 7.00. The fraction of sp³-hybridized carbons (Fsp3) is 0.455. The Morgan fingerprint density at radius 1 is 1.31 bits per heavy atom. The summed E-state index contributed by atoms with van der Waals surface area (Å²) in [6.07, 6.45) is 2.50. The third-order valence-corrected chi connectivity index (χ3v) is 2.48. The Kier molecular flexibility index (Phi) is 3.93. The molecule has 0 saturated heterocycles. The number of nitrogens with one attached hydrogen (secondary N) is 1. The van der Waals surface area contributed by atoms with Crippen molar-refractivity contribution in [1.29, 1.82) is 0 Å². The Labute approximate surface area is 79.6 Å². The fourth-order valence-electron chi connectivity index (χ4n) is 1.86. The quantitative estimate of drug-likeness (QED) is 0.684. The molecule has 2 rings (SSSR count).